The van der Waals surface area contributed by atoms with Crippen LogP contribution in [0.2, 0.25) is 0 Å². The van der Waals surface area contributed by atoms with E-state index in [0.717, 1.165) is 59.3 Å². The zero-order valence-electron chi connectivity index (χ0n) is 29.5. The summed E-state index contributed by atoms with van der Waals surface area (Å²) in [7, 11) is 6.99. The molecule has 0 bridgehead atoms. The van der Waals surface area contributed by atoms with Gasteiger partial charge >= 0.3 is 0 Å². The van der Waals surface area contributed by atoms with E-state index in [1.165, 1.54) is 34.5 Å². The summed E-state index contributed by atoms with van der Waals surface area (Å²) < 4.78 is 2.87. The summed E-state index contributed by atoms with van der Waals surface area (Å²) in [4.78, 5) is 50.6. The molecule has 4 rings (SSSR count). The normalized spacial score (nSPS) is 10.8. The Kier molecular flexibility index (Phi) is 13.2. The minimum atomic E-state index is -0.313. The van der Waals surface area contributed by atoms with Gasteiger partial charge in [-0.3, -0.25) is 28.5 Å². The zero-order valence-corrected chi connectivity index (χ0v) is 29.5. The molecule has 2 N–H and O–H groups in total. The first-order chi connectivity index (χ1) is 22.8. The molecule has 0 aliphatic carbocycles. The van der Waals surface area contributed by atoms with E-state index in [1.807, 2.05) is 50.5 Å². The van der Waals surface area contributed by atoms with Gasteiger partial charge in [0.15, 0.2) is 17.2 Å². The number of aryl methyl sites for hydroxylation is 6. The van der Waals surface area contributed by atoms with Crippen LogP contribution in [0.1, 0.15) is 98.8 Å². The number of carbonyl (C=O) groups is 4. The smallest absolute Gasteiger partial charge is 0.276 e. The fourth-order valence-electron chi connectivity index (χ4n) is 5.18. The van der Waals surface area contributed by atoms with Crippen molar-refractivity contribution in [1.82, 2.24) is 24.5 Å². The van der Waals surface area contributed by atoms with E-state index in [9.17, 15) is 19.2 Å². The lowest BCUT2D eigenvalue weighted by atomic mass is 10.0. The average molecular weight is 654 g/mol. The second-order valence-electron chi connectivity index (χ2n) is 11.5. The predicted octanol–water partition coefficient (Wildman–Crippen LogP) is 6.06. The number of amides is 2. The van der Waals surface area contributed by atoms with Crippen molar-refractivity contribution in [1.29, 1.82) is 0 Å². The number of nitrogens with one attached hydrogen (secondary N) is 2. The van der Waals surface area contributed by atoms with Crippen LogP contribution in [0, 0.1) is 0 Å². The Morgan fingerprint density at radius 2 is 1.06 bits per heavy atom. The minimum Gasteiger partial charge on any atom is -0.383 e. The quantitative estimate of drug-likeness (QED) is 0.141. The highest BCUT2D eigenvalue weighted by Crippen LogP contribution is 2.24. The first-order valence-electron chi connectivity index (χ1n) is 16.2. The van der Waals surface area contributed by atoms with Gasteiger partial charge in [-0.1, -0.05) is 64.1 Å². The van der Waals surface area contributed by atoms with Crippen molar-refractivity contribution in [2.24, 2.45) is 14.1 Å². The number of aromatic nitrogens is 4. The molecule has 11 nitrogen and oxygen atoms in total. The molecule has 2 aromatic heterocycles. The molecule has 0 radical (unpaired) electrons. The molecule has 0 saturated carbocycles. The maximum atomic E-state index is 12.7. The van der Waals surface area contributed by atoms with Crippen molar-refractivity contribution < 1.29 is 19.2 Å². The lowest BCUT2D eigenvalue weighted by Gasteiger charge is -2.13. The molecule has 11 heteroatoms. The molecule has 2 aromatic carbocycles. The summed E-state index contributed by atoms with van der Waals surface area (Å²) in [6.07, 6.45) is 6.45. The van der Waals surface area contributed by atoms with E-state index >= 15 is 0 Å². The van der Waals surface area contributed by atoms with Crippen molar-refractivity contribution in [3.05, 3.63) is 106 Å². The molecule has 0 unspecified atom stereocenters. The van der Waals surface area contributed by atoms with Crippen molar-refractivity contribution in [3.8, 4) is 0 Å². The van der Waals surface area contributed by atoms with Gasteiger partial charge in [0.05, 0.1) is 0 Å². The number of para-hydroxylation sites is 2. The molecule has 0 aliphatic heterocycles. The number of rotatable bonds is 12. The molecule has 48 heavy (non-hydrogen) atoms. The lowest BCUT2D eigenvalue weighted by molar-refractivity contribution is 0.0999. The highest BCUT2D eigenvalue weighted by Gasteiger charge is 2.19. The molecule has 254 valence electrons. The molecule has 0 atom stereocenters. The topological polar surface area (TPSA) is 131 Å². The second kappa shape index (κ2) is 17.0. The first kappa shape index (κ1) is 37.1. The number of ketones is 2. The largest absolute Gasteiger partial charge is 0.383 e. The number of hydrogen-bond acceptors (Lipinski definition) is 7. The summed E-state index contributed by atoms with van der Waals surface area (Å²) in [5.74, 6) is -0.918. The number of anilines is 2. The number of allylic oxidation sites excluding steroid dienone is 1. The zero-order chi connectivity index (χ0) is 35.5. The van der Waals surface area contributed by atoms with Gasteiger partial charge in [-0.05, 0) is 47.9 Å². The summed E-state index contributed by atoms with van der Waals surface area (Å²) in [5.41, 5.74) is 7.31. The van der Waals surface area contributed by atoms with Crippen LogP contribution >= 0.6 is 0 Å². The Morgan fingerprint density at radius 1 is 0.688 bits per heavy atom. The van der Waals surface area contributed by atoms with Gasteiger partial charge in [0.2, 0.25) is 5.78 Å². The highest BCUT2D eigenvalue weighted by atomic mass is 16.2. The maximum Gasteiger partial charge on any atom is 0.276 e. The highest BCUT2D eigenvalue weighted by molar-refractivity contribution is 6.08. The van der Waals surface area contributed by atoms with Gasteiger partial charge in [0.25, 0.3) is 11.8 Å². The number of benzene rings is 2. The Balaban J connectivity index is 0.000000264. The summed E-state index contributed by atoms with van der Waals surface area (Å²) >= 11 is 0. The summed E-state index contributed by atoms with van der Waals surface area (Å²) in [6.45, 7) is 9.68. The Labute approximate surface area is 283 Å². The van der Waals surface area contributed by atoms with Crippen LogP contribution in [0.25, 0.3) is 0 Å². The van der Waals surface area contributed by atoms with Gasteiger partial charge < -0.3 is 15.5 Å². The van der Waals surface area contributed by atoms with E-state index in [4.69, 9.17) is 0 Å². The van der Waals surface area contributed by atoms with Gasteiger partial charge in [-0.15, -0.1) is 0 Å². The maximum absolute atomic E-state index is 12.7. The third-order valence-electron chi connectivity index (χ3n) is 7.84. The number of carbonyl (C=O) groups excluding carboxylic acids is 4. The van der Waals surface area contributed by atoms with E-state index in [0.29, 0.717) is 11.4 Å². The fraction of sp³-hybridized carbons (Fsp3) is 0.351. The molecule has 0 saturated heterocycles. The van der Waals surface area contributed by atoms with Gasteiger partial charge in [0.1, 0.15) is 11.4 Å². The third-order valence-corrected chi connectivity index (χ3v) is 7.84. The van der Waals surface area contributed by atoms with Crippen molar-refractivity contribution >= 4 is 34.8 Å². The van der Waals surface area contributed by atoms with Crippen molar-refractivity contribution in [2.75, 3.05) is 24.7 Å². The SMILES string of the molecule is CCc1cccc(CC)c1NC(=O)c1cc(C(=O)/C=C/N(C)C)n(C)n1.CCc1cccc(CC)c1NC(=O)c1cc(C(C)=O)n(C)n1. The van der Waals surface area contributed by atoms with Crippen molar-refractivity contribution in [2.45, 2.75) is 60.3 Å². The van der Waals surface area contributed by atoms with Gasteiger partial charge in [-0.2, -0.15) is 10.2 Å². The van der Waals surface area contributed by atoms with Crippen LogP contribution in [-0.2, 0) is 39.8 Å². The third kappa shape index (κ3) is 9.15. The van der Waals surface area contributed by atoms with Crippen LogP contribution < -0.4 is 10.6 Å². The predicted molar refractivity (Wildman–Crippen MR) is 190 cm³/mol. The molecular formula is C37H47N7O4. The Bertz CT molecular complexity index is 1770. The van der Waals surface area contributed by atoms with Crippen molar-refractivity contribution in [3.63, 3.8) is 0 Å². The Hall–Kier alpha value is -5.32. The number of Topliss-reactive ketones (excluding diaryl/α,β-unsaturated/α-hetero) is 1. The van der Waals surface area contributed by atoms with Crippen LogP contribution in [0.4, 0.5) is 11.4 Å². The van der Waals surface area contributed by atoms with Gasteiger partial charge in [0, 0.05) is 70.9 Å². The molecular weight excluding hydrogens is 606 g/mol. The first-order valence-corrected chi connectivity index (χ1v) is 16.2. The van der Waals surface area contributed by atoms with Crippen LogP contribution in [0.15, 0.2) is 60.8 Å². The van der Waals surface area contributed by atoms with Crippen LogP contribution in [0.5, 0.6) is 0 Å². The van der Waals surface area contributed by atoms with Crippen LogP contribution in [-0.4, -0.2) is 61.9 Å². The Morgan fingerprint density at radius 3 is 1.40 bits per heavy atom. The van der Waals surface area contributed by atoms with E-state index in [1.54, 1.807) is 25.2 Å². The lowest BCUT2D eigenvalue weighted by Crippen LogP contribution is -2.15. The molecule has 0 aliphatic rings. The molecule has 0 spiro atoms. The summed E-state index contributed by atoms with van der Waals surface area (Å²) in [6, 6.07) is 15.1. The minimum absolute atomic E-state index is 0.114. The summed E-state index contributed by atoms with van der Waals surface area (Å²) in [5, 5.41) is 14.3. The fourth-order valence-corrected chi connectivity index (χ4v) is 5.18. The molecule has 0 fully saturated rings. The average Bonchev–Trinajstić information content (AvgIpc) is 3.66. The molecule has 2 heterocycles. The van der Waals surface area contributed by atoms with Crippen LogP contribution in [0.3, 0.4) is 0 Å². The van der Waals surface area contributed by atoms with Gasteiger partial charge in [-0.25, -0.2) is 0 Å². The molecule has 4 aromatic rings. The monoisotopic (exact) mass is 653 g/mol. The molecule has 2 amide bonds. The standard InChI is InChI=1S/C20H26N4O2.C17H21N3O2/c1-6-14-9-8-10-15(7-2)19(14)21-20(26)16-13-17(24(5)22-16)18(25)11-12-23(3)4;1-5-12-8-7-9-13(6-2)16(12)18-17(22)14-10-15(11(3)21)20(4)19-14/h8-13H,6-7H2,1-5H3,(H,21,26);7-10H,5-6H2,1-4H3,(H,18,22)/b12-11+;. The van der Waals surface area contributed by atoms with E-state index in [2.05, 4.69) is 48.5 Å². The number of hydrogen-bond donors (Lipinski definition) is 2. The number of nitrogens with zero attached hydrogens (tertiary/aromatic N) is 5. The van der Waals surface area contributed by atoms with E-state index < -0.39 is 0 Å². The second-order valence-corrected chi connectivity index (χ2v) is 11.5. The van der Waals surface area contributed by atoms with E-state index in [-0.39, 0.29) is 34.8 Å².